The fourth-order valence-electron chi connectivity index (χ4n) is 1.46. The molecule has 1 heterocycles. The van der Waals surface area contributed by atoms with Crippen molar-refractivity contribution in [2.45, 2.75) is 12.8 Å². The Hall–Kier alpha value is -1.00. The van der Waals surface area contributed by atoms with Crippen LogP contribution in [0.1, 0.15) is 18.4 Å². The zero-order chi connectivity index (χ0) is 11.0. The van der Waals surface area contributed by atoms with Crippen molar-refractivity contribution in [2.24, 2.45) is 0 Å². The van der Waals surface area contributed by atoms with Gasteiger partial charge in [0.2, 0.25) is 6.79 Å². The predicted molar refractivity (Wildman–Crippen MR) is 53.0 cm³/mol. The molecule has 0 amide bonds. The van der Waals surface area contributed by atoms with E-state index in [1.807, 2.05) is 0 Å². The van der Waals surface area contributed by atoms with Gasteiger partial charge in [0.1, 0.15) is 10.8 Å². The zero-order valence-electron chi connectivity index (χ0n) is 8.09. The van der Waals surface area contributed by atoms with Crippen LogP contribution in [0.4, 0.5) is 4.39 Å². The van der Waals surface area contributed by atoms with Crippen LogP contribution < -0.4 is 9.47 Å². The van der Waals surface area contributed by atoms with Crippen molar-refractivity contribution in [1.29, 1.82) is 0 Å². The zero-order valence-corrected chi connectivity index (χ0v) is 8.84. The Labute approximate surface area is 91.4 Å². The van der Waals surface area contributed by atoms with Gasteiger partial charge in [-0.15, -0.1) is 0 Å². The van der Waals surface area contributed by atoms with Gasteiger partial charge in [-0.1, -0.05) is 18.5 Å². The summed E-state index contributed by atoms with van der Waals surface area (Å²) in [6.45, 7) is 1.61. The highest BCUT2D eigenvalue weighted by atomic mass is 35.5. The molecule has 0 fully saturated rings. The third-order valence-corrected chi connectivity index (χ3v) is 2.72. The molecule has 1 N–H and O–H groups in total. The lowest BCUT2D eigenvalue weighted by atomic mass is 10.0. The fraction of sp³-hybridized carbons (Fsp3) is 0.400. The summed E-state index contributed by atoms with van der Waals surface area (Å²) in [5.74, 6) is -0.209. The van der Waals surface area contributed by atoms with Crippen LogP contribution in [0.3, 0.4) is 0 Å². The first-order valence-corrected chi connectivity index (χ1v) is 4.91. The minimum atomic E-state index is -0.553. The molecule has 0 aromatic heterocycles. The van der Waals surface area contributed by atoms with Crippen molar-refractivity contribution in [3.8, 4) is 11.5 Å². The molecule has 82 valence electrons. The second kappa shape index (κ2) is 3.87. The molecular formula is C10H10ClFO3. The van der Waals surface area contributed by atoms with Gasteiger partial charge in [0.15, 0.2) is 11.5 Å². The fourth-order valence-corrected chi connectivity index (χ4v) is 1.71. The number of halogens is 2. The number of hydrogen-bond acceptors (Lipinski definition) is 3. The van der Waals surface area contributed by atoms with E-state index in [4.69, 9.17) is 26.2 Å². The molecule has 1 aromatic rings. The molecule has 1 atom stereocenters. The van der Waals surface area contributed by atoms with E-state index in [0.29, 0.717) is 11.3 Å². The van der Waals surface area contributed by atoms with Crippen molar-refractivity contribution in [2.75, 3.05) is 13.4 Å². The topological polar surface area (TPSA) is 38.7 Å². The van der Waals surface area contributed by atoms with Crippen molar-refractivity contribution in [3.63, 3.8) is 0 Å². The number of fused-ring (bicyclic) bond motifs is 1. The monoisotopic (exact) mass is 232 g/mol. The third-order valence-electron chi connectivity index (χ3n) is 2.38. The number of hydrogen-bond donors (Lipinski definition) is 1. The Bertz CT molecular complexity index is 395. The lowest BCUT2D eigenvalue weighted by molar-refractivity contribution is 0.174. The molecule has 2 rings (SSSR count). The second-order valence-electron chi connectivity index (χ2n) is 3.41. The molecule has 3 nitrogen and oxygen atoms in total. The minimum Gasteiger partial charge on any atom is -0.454 e. The molecule has 0 saturated carbocycles. The van der Waals surface area contributed by atoms with Crippen LogP contribution in [-0.2, 0) is 0 Å². The van der Waals surface area contributed by atoms with Crippen LogP contribution in [0, 0.1) is 5.82 Å². The van der Waals surface area contributed by atoms with E-state index < -0.39 is 5.82 Å². The highest BCUT2D eigenvalue weighted by molar-refractivity contribution is 6.32. The molecule has 1 unspecified atom stereocenters. The van der Waals surface area contributed by atoms with Crippen molar-refractivity contribution in [1.82, 2.24) is 0 Å². The molecule has 0 spiro atoms. The Morgan fingerprint density at radius 2 is 2.33 bits per heavy atom. The molecule has 0 saturated heterocycles. The lowest BCUT2D eigenvalue weighted by Gasteiger charge is -2.11. The smallest absolute Gasteiger partial charge is 0.231 e. The summed E-state index contributed by atoms with van der Waals surface area (Å²) in [7, 11) is 0. The maximum absolute atomic E-state index is 13.7. The van der Waals surface area contributed by atoms with Crippen molar-refractivity contribution < 1.29 is 19.0 Å². The summed E-state index contributed by atoms with van der Waals surface area (Å²) in [6.07, 6.45) is 0. The third kappa shape index (κ3) is 1.64. The van der Waals surface area contributed by atoms with E-state index in [9.17, 15) is 4.39 Å². The molecule has 1 aromatic carbocycles. The van der Waals surface area contributed by atoms with E-state index in [-0.39, 0.29) is 30.1 Å². The maximum Gasteiger partial charge on any atom is 0.231 e. The Kier molecular flexibility index (Phi) is 2.71. The highest BCUT2D eigenvalue weighted by Crippen LogP contribution is 2.43. The van der Waals surface area contributed by atoms with E-state index in [2.05, 4.69) is 0 Å². The average molecular weight is 233 g/mol. The normalized spacial score (nSPS) is 15.5. The molecule has 0 radical (unpaired) electrons. The molecule has 15 heavy (non-hydrogen) atoms. The van der Waals surface area contributed by atoms with Crippen LogP contribution >= 0.6 is 11.6 Å². The summed E-state index contributed by atoms with van der Waals surface area (Å²) < 4.78 is 23.9. The first-order chi connectivity index (χ1) is 7.15. The first kappa shape index (κ1) is 10.5. The van der Waals surface area contributed by atoms with Gasteiger partial charge >= 0.3 is 0 Å². The number of benzene rings is 1. The van der Waals surface area contributed by atoms with Gasteiger partial charge in [0, 0.05) is 12.5 Å². The van der Waals surface area contributed by atoms with Crippen LogP contribution in [-0.4, -0.2) is 18.5 Å². The Morgan fingerprint density at radius 1 is 1.60 bits per heavy atom. The van der Waals surface area contributed by atoms with Crippen LogP contribution in [0.25, 0.3) is 0 Å². The highest BCUT2D eigenvalue weighted by Gasteiger charge is 2.25. The lowest BCUT2D eigenvalue weighted by Crippen LogP contribution is -2.02. The van der Waals surface area contributed by atoms with E-state index in [1.54, 1.807) is 6.92 Å². The Balaban J connectivity index is 2.54. The van der Waals surface area contributed by atoms with Gasteiger partial charge in [0.05, 0.1) is 0 Å². The van der Waals surface area contributed by atoms with Crippen LogP contribution in [0.2, 0.25) is 5.02 Å². The van der Waals surface area contributed by atoms with Gasteiger partial charge in [-0.25, -0.2) is 4.39 Å². The van der Waals surface area contributed by atoms with Crippen molar-refractivity contribution in [3.05, 3.63) is 22.5 Å². The Morgan fingerprint density at radius 3 is 3.00 bits per heavy atom. The molecule has 5 heteroatoms. The maximum atomic E-state index is 13.7. The summed E-state index contributed by atoms with van der Waals surface area (Å²) in [5.41, 5.74) is 0.340. The second-order valence-corrected chi connectivity index (χ2v) is 3.79. The number of aliphatic hydroxyl groups is 1. The standard InChI is InChI=1S/C10H10ClFO3/c1-5(3-13)6-2-7-10(15-4-14-7)8(11)9(6)12/h2,5,13H,3-4H2,1H3. The van der Waals surface area contributed by atoms with Gasteiger partial charge in [-0.2, -0.15) is 0 Å². The summed E-state index contributed by atoms with van der Waals surface area (Å²) in [6, 6.07) is 1.52. The number of rotatable bonds is 2. The van der Waals surface area contributed by atoms with Crippen molar-refractivity contribution >= 4 is 11.6 Å². The molecule has 1 aliphatic heterocycles. The number of ether oxygens (including phenoxy) is 2. The van der Waals surface area contributed by atoms with Gasteiger partial charge in [-0.05, 0) is 11.6 Å². The molecular weight excluding hydrogens is 223 g/mol. The van der Waals surface area contributed by atoms with Crippen LogP contribution in [0.5, 0.6) is 11.5 Å². The van der Waals surface area contributed by atoms with E-state index >= 15 is 0 Å². The molecule has 0 aliphatic carbocycles. The quantitative estimate of drug-likeness (QED) is 0.851. The van der Waals surface area contributed by atoms with Crippen LogP contribution in [0.15, 0.2) is 6.07 Å². The van der Waals surface area contributed by atoms with E-state index in [0.717, 1.165) is 0 Å². The predicted octanol–water partition coefficient (Wildman–Crippen LogP) is 2.30. The van der Waals surface area contributed by atoms with Gasteiger partial charge in [0.25, 0.3) is 0 Å². The average Bonchev–Trinajstić information content (AvgIpc) is 2.70. The number of aliphatic hydroxyl groups excluding tert-OH is 1. The summed E-state index contributed by atoms with van der Waals surface area (Å²) >= 11 is 5.78. The summed E-state index contributed by atoms with van der Waals surface area (Å²) in [5, 5.41) is 8.89. The summed E-state index contributed by atoms with van der Waals surface area (Å²) in [4.78, 5) is 0. The minimum absolute atomic E-state index is 0.0471. The molecule has 0 bridgehead atoms. The largest absolute Gasteiger partial charge is 0.454 e. The van der Waals surface area contributed by atoms with E-state index in [1.165, 1.54) is 6.07 Å². The SMILES string of the molecule is CC(CO)c1cc2c(c(Cl)c1F)OCO2. The first-order valence-electron chi connectivity index (χ1n) is 4.53. The molecule has 1 aliphatic rings. The van der Waals surface area contributed by atoms with Gasteiger partial charge in [-0.3, -0.25) is 0 Å². The van der Waals surface area contributed by atoms with Gasteiger partial charge < -0.3 is 14.6 Å².